The summed E-state index contributed by atoms with van der Waals surface area (Å²) < 4.78 is 20.8. The molecule has 0 saturated heterocycles. The molecule has 1 aromatic heterocycles. The Balaban J connectivity index is 1.96. The summed E-state index contributed by atoms with van der Waals surface area (Å²) in [5.41, 5.74) is 2.69. The Bertz CT molecular complexity index is 972. The number of aromatic nitrogens is 2. The summed E-state index contributed by atoms with van der Waals surface area (Å²) in [5, 5.41) is 13.4. The number of phenolic OH excluding ortho intramolecular Hbond substituents is 1. The van der Waals surface area contributed by atoms with E-state index in [1.54, 1.807) is 12.1 Å². The highest BCUT2D eigenvalue weighted by Gasteiger charge is 2.41. The van der Waals surface area contributed by atoms with Crippen molar-refractivity contribution in [2.45, 2.75) is 5.92 Å². The maximum atomic E-state index is 12.4. The van der Waals surface area contributed by atoms with Crippen molar-refractivity contribution in [3.8, 4) is 23.4 Å². The van der Waals surface area contributed by atoms with Crippen molar-refractivity contribution < 1.29 is 28.8 Å². The second-order valence-electron chi connectivity index (χ2n) is 5.94. The third-order valence-corrected chi connectivity index (χ3v) is 4.53. The number of carbonyl (C=O) groups is 1. The van der Waals surface area contributed by atoms with Gasteiger partial charge >= 0.3 is 12.0 Å². The van der Waals surface area contributed by atoms with Crippen LogP contribution in [-0.4, -0.2) is 49.0 Å². The first kappa shape index (κ1) is 17.0. The molecule has 140 valence electrons. The fraction of sp³-hybridized carbons (Fsp3) is 0.278. The highest BCUT2D eigenvalue weighted by molar-refractivity contribution is 5.97. The number of cyclic esters (lactones) is 1. The molecule has 0 amide bonds. The number of ether oxygens (including phenoxy) is 4. The smallest absolute Gasteiger partial charge is 0.337 e. The SMILES string of the molecule is COc1nc(OC)c2c(n1)C(c1ccc(OC)c(O)c1)C1=C(COC1=O)N2. The second kappa shape index (κ2) is 6.35. The number of rotatable bonds is 4. The molecule has 9 nitrogen and oxygen atoms in total. The topological polar surface area (TPSA) is 112 Å². The fourth-order valence-electron chi connectivity index (χ4n) is 3.31. The summed E-state index contributed by atoms with van der Waals surface area (Å²) in [7, 11) is 4.39. The molecule has 0 radical (unpaired) electrons. The van der Waals surface area contributed by atoms with Crippen molar-refractivity contribution in [3.63, 3.8) is 0 Å². The number of nitrogens with zero attached hydrogens (tertiary/aromatic N) is 2. The number of carbonyl (C=O) groups excluding carboxylic acids is 1. The molecular weight excluding hydrogens is 354 g/mol. The summed E-state index contributed by atoms with van der Waals surface area (Å²) in [6.07, 6.45) is 0. The predicted octanol–water partition coefficient (Wildman–Crippen LogP) is 1.58. The van der Waals surface area contributed by atoms with Crippen LogP contribution in [-0.2, 0) is 9.53 Å². The van der Waals surface area contributed by atoms with Crippen LogP contribution in [0, 0.1) is 0 Å². The number of nitrogens with one attached hydrogen (secondary N) is 1. The Kier molecular flexibility index (Phi) is 3.98. The van der Waals surface area contributed by atoms with E-state index < -0.39 is 11.9 Å². The van der Waals surface area contributed by atoms with E-state index in [-0.39, 0.29) is 24.2 Å². The van der Waals surface area contributed by atoms with E-state index in [4.69, 9.17) is 18.9 Å². The lowest BCUT2D eigenvalue weighted by atomic mass is 9.84. The van der Waals surface area contributed by atoms with Crippen LogP contribution in [0.5, 0.6) is 23.4 Å². The molecule has 27 heavy (non-hydrogen) atoms. The van der Waals surface area contributed by atoms with Gasteiger partial charge in [-0.15, -0.1) is 0 Å². The summed E-state index contributed by atoms with van der Waals surface area (Å²) in [4.78, 5) is 21.0. The lowest BCUT2D eigenvalue weighted by molar-refractivity contribution is -0.136. The van der Waals surface area contributed by atoms with Crippen molar-refractivity contribution in [1.29, 1.82) is 0 Å². The minimum absolute atomic E-state index is 0.0448. The molecule has 0 saturated carbocycles. The van der Waals surface area contributed by atoms with E-state index >= 15 is 0 Å². The van der Waals surface area contributed by atoms with Crippen LogP contribution in [0.2, 0.25) is 0 Å². The summed E-state index contributed by atoms with van der Waals surface area (Å²) in [6.45, 7) is 0.113. The third kappa shape index (κ3) is 2.59. The Morgan fingerprint density at radius 2 is 2.00 bits per heavy atom. The molecule has 0 bridgehead atoms. The van der Waals surface area contributed by atoms with Crippen molar-refractivity contribution in [2.24, 2.45) is 0 Å². The minimum atomic E-state index is -0.589. The van der Waals surface area contributed by atoms with E-state index in [0.29, 0.717) is 34.0 Å². The van der Waals surface area contributed by atoms with Gasteiger partial charge in [0.15, 0.2) is 11.5 Å². The van der Waals surface area contributed by atoms with Crippen LogP contribution in [0.1, 0.15) is 17.2 Å². The van der Waals surface area contributed by atoms with E-state index in [2.05, 4.69) is 15.3 Å². The molecule has 0 aliphatic carbocycles. The predicted molar refractivity (Wildman–Crippen MR) is 93.2 cm³/mol. The van der Waals surface area contributed by atoms with Crippen LogP contribution in [0.3, 0.4) is 0 Å². The van der Waals surface area contributed by atoms with Gasteiger partial charge in [-0.3, -0.25) is 0 Å². The zero-order valence-corrected chi connectivity index (χ0v) is 14.9. The van der Waals surface area contributed by atoms with E-state index in [1.165, 1.54) is 27.4 Å². The number of methoxy groups -OCH3 is 3. The second-order valence-corrected chi connectivity index (χ2v) is 5.94. The van der Waals surface area contributed by atoms with Gasteiger partial charge in [0, 0.05) is 0 Å². The first-order chi connectivity index (χ1) is 13.1. The molecule has 3 heterocycles. The standard InChI is InChI=1S/C18H17N3O6/c1-24-11-5-4-8(6-10(11)22)12-13-9(7-27-17(13)23)19-15-14(12)20-18(26-3)21-16(15)25-2/h4-6,12,19,22H,7H2,1-3H3. The fourth-order valence-corrected chi connectivity index (χ4v) is 3.31. The number of hydrogen-bond donors (Lipinski definition) is 2. The quantitative estimate of drug-likeness (QED) is 0.774. The largest absolute Gasteiger partial charge is 0.504 e. The van der Waals surface area contributed by atoms with Crippen molar-refractivity contribution in [2.75, 3.05) is 33.3 Å². The van der Waals surface area contributed by atoms with Gasteiger partial charge in [0.25, 0.3) is 0 Å². The lowest BCUT2D eigenvalue weighted by Gasteiger charge is -2.27. The average Bonchev–Trinajstić information content (AvgIpc) is 3.05. The molecule has 4 rings (SSSR count). The van der Waals surface area contributed by atoms with Gasteiger partial charge in [-0.2, -0.15) is 9.97 Å². The maximum Gasteiger partial charge on any atom is 0.337 e. The number of fused-ring (bicyclic) bond motifs is 1. The Labute approximate surface area is 154 Å². The summed E-state index contributed by atoms with van der Waals surface area (Å²) in [6, 6.07) is 5.03. The zero-order valence-electron chi connectivity index (χ0n) is 14.9. The van der Waals surface area contributed by atoms with Crippen LogP contribution < -0.4 is 19.5 Å². The normalized spacial score (nSPS) is 17.6. The maximum absolute atomic E-state index is 12.4. The molecule has 2 aliphatic rings. The van der Waals surface area contributed by atoms with Crippen LogP contribution in [0.25, 0.3) is 0 Å². The van der Waals surface area contributed by atoms with Crippen molar-refractivity contribution in [1.82, 2.24) is 9.97 Å². The van der Waals surface area contributed by atoms with Crippen LogP contribution in [0.4, 0.5) is 5.69 Å². The van der Waals surface area contributed by atoms with Gasteiger partial charge in [0.05, 0.1) is 44.2 Å². The molecule has 2 aromatic rings. The summed E-state index contributed by atoms with van der Waals surface area (Å²) in [5.74, 6) is -0.468. The molecule has 2 N–H and O–H groups in total. The third-order valence-electron chi connectivity index (χ3n) is 4.53. The average molecular weight is 371 g/mol. The Morgan fingerprint density at radius 1 is 1.19 bits per heavy atom. The number of hydrogen-bond acceptors (Lipinski definition) is 9. The number of anilines is 1. The highest BCUT2D eigenvalue weighted by atomic mass is 16.5. The summed E-state index contributed by atoms with van der Waals surface area (Å²) >= 11 is 0. The Morgan fingerprint density at radius 3 is 2.67 bits per heavy atom. The van der Waals surface area contributed by atoms with Gasteiger partial charge in [-0.25, -0.2) is 4.79 Å². The van der Waals surface area contributed by atoms with E-state index in [9.17, 15) is 9.90 Å². The molecule has 2 aliphatic heterocycles. The van der Waals surface area contributed by atoms with Gasteiger partial charge in [0.2, 0.25) is 5.88 Å². The monoisotopic (exact) mass is 371 g/mol. The Hall–Kier alpha value is -3.49. The first-order valence-corrected chi connectivity index (χ1v) is 8.11. The van der Waals surface area contributed by atoms with Crippen LogP contribution >= 0.6 is 0 Å². The van der Waals surface area contributed by atoms with Gasteiger partial charge < -0.3 is 29.4 Å². The highest BCUT2D eigenvalue weighted by Crippen LogP contribution is 2.47. The van der Waals surface area contributed by atoms with Crippen LogP contribution in [0.15, 0.2) is 29.5 Å². The number of aromatic hydroxyl groups is 1. The van der Waals surface area contributed by atoms with E-state index in [0.717, 1.165) is 0 Å². The van der Waals surface area contributed by atoms with Crippen molar-refractivity contribution in [3.05, 3.63) is 40.7 Å². The molecule has 0 fully saturated rings. The lowest BCUT2D eigenvalue weighted by Crippen LogP contribution is -2.22. The van der Waals surface area contributed by atoms with Gasteiger partial charge in [0.1, 0.15) is 12.3 Å². The number of esters is 1. The van der Waals surface area contributed by atoms with Gasteiger partial charge in [-0.1, -0.05) is 6.07 Å². The zero-order chi connectivity index (χ0) is 19.1. The minimum Gasteiger partial charge on any atom is -0.504 e. The molecule has 1 atom stereocenters. The number of phenols is 1. The number of benzene rings is 1. The van der Waals surface area contributed by atoms with Crippen molar-refractivity contribution >= 4 is 11.7 Å². The molecule has 0 spiro atoms. The molecule has 9 heteroatoms. The molecule has 1 aromatic carbocycles. The molecule has 1 unspecified atom stereocenters. The van der Waals surface area contributed by atoms with E-state index in [1.807, 2.05) is 0 Å². The molecular formula is C18H17N3O6. The van der Waals surface area contributed by atoms with Gasteiger partial charge in [-0.05, 0) is 17.7 Å². The first-order valence-electron chi connectivity index (χ1n) is 8.11.